The number of H-pyrrole nitrogens is 1. The second-order valence-corrected chi connectivity index (χ2v) is 7.16. The number of hydrogen-bond acceptors (Lipinski definition) is 3. The van der Waals surface area contributed by atoms with Crippen molar-refractivity contribution in [3.05, 3.63) is 41.2 Å². The van der Waals surface area contributed by atoms with Crippen LogP contribution in [0.2, 0.25) is 0 Å². The van der Waals surface area contributed by atoms with Crippen molar-refractivity contribution in [2.45, 2.75) is 50.9 Å². The van der Waals surface area contributed by atoms with E-state index in [-0.39, 0.29) is 23.8 Å². The number of nitriles is 1. The molecule has 1 saturated heterocycles. The normalized spacial score (nSPS) is 22.3. The molecule has 0 radical (unpaired) electrons. The lowest BCUT2D eigenvalue weighted by molar-refractivity contribution is -0.137. The lowest BCUT2D eigenvalue weighted by Gasteiger charge is -2.31. The zero-order valence-corrected chi connectivity index (χ0v) is 15.1. The first-order valence-corrected chi connectivity index (χ1v) is 9.06. The molecule has 9 heteroatoms. The zero-order chi connectivity index (χ0) is 20.1. The lowest BCUT2D eigenvalue weighted by Crippen LogP contribution is -2.40. The van der Waals surface area contributed by atoms with E-state index in [0.29, 0.717) is 12.1 Å². The number of alkyl halides is 3. The number of fused-ring (bicyclic) bond motifs is 1. The number of carbonyl (C=O) groups is 1. The van der Waals surface area contributed by atoms with Crippen LogP contribution in [0.15, 0.2) is 24.4 Å². The molecule has 28 heavy (non-hydrogen) atoms. The number of rotatable bonds is 2. The van der Waals surface area contributed by atoms with Crippen LogP contribution in [0.5, 0.6) is 0 Å². The fourth-order valence-corrected chi connectivity index (χ4v) is 4.28. The average molecular weight is 389 g/mol. The van der Waals surface area contributed by atoms with Gasteiger partial charge in [0.25, 0.3) is 0 Å². The van der Waals surface area contributed by atoms with Crippen LogP contribution in [0.4, 0.5) is 29.3 Å². The summed E-state index contributed by atoms with van der Waals surface area (Å²) in [5.74, 6) is 0. The number of nitrogens with zero attached hydrogens (tertiary/aromatic N) is 4. The fourth-order valence-electron chi connectivity index (χ4n) is 4.28. The monoisotopic (exact) mass is 389 g/mol. The quantitative estimate of drug-likeness (QED) is 0.829. The minimum absolute atomic E-state index is 0.123. The van der Waals surface area contributed by atoms with Crippen molar-refractivity contribution in [2.75, 3.05) is 9.80 Å². The van der Waals surface area contributed by atoms with Crippen LogP contribution >= 0.6 is 0 Å². The molecule has 1 aromatic heterocycles. The maximum atomic E-state index is 13.4. The lowest BCUT2D eigenvalue weighted by atomic mass is 9.89. The molecule has 2 heterocycles. The molecule has 1 aromatic carbocycles. The van der Waals surface area contributed by atoms with Crippen LogP contribution in [0, 0.1) is 18.3 Å². The van der Waals surface area contributed by atoms with Crippen molar-refractivity contribution in [3.8, 4) is 6.07 Å². The van der Waals surface area contributed by atoms with E-state index in [9.17, 15) is 18.0 Å². The molecule has 0 spiro atoms. The number of nitrogens with one attached hydrogen (secondary N) is 1. The predicted molar refractivity (Wildman–Crippen MR) is 95.9 cm³/mol. The molecule has 0 unspecified atom stereocenters. The van der Waals surface area contributed by atoms with E-state index in [2.05, 4.69) is 10.2 Å². The molecule has 1 aliphatic carbocycles. The molecule has 0 bridgehead atoms. The summed E-state index contributed by atoms with van der Waals surface area (Å²) in [6.45, 7) is 1.81. The van der Waals surface area contributed by atoms with Crippen LogP contribution in [0.1, 0.15) is 42.5 Å². The molecule has 6 nitrogen and oxygen atoms in total. The summed E-state index contributed by atoms with van der Waals surface area (Å²) in [5, 5.41) is 15.8. The minimum Gasteiger partial charge on any atom is -0.289 e. The molecular formula is C19H18F3N5O. The van der Waals surface area contributed by atoms with Crippen molar-refractivity contribution in [2.24, 2.45) is 0 Å². The molecule has 146 valence electrons. The number of benzene rings is 1. The van der Waals surface area contributed by atoms with Crippen LogP contribution in [0.25, 0.3) is 0 Å². The first kappa shape index (κ1) is 18.3. The fraction of sp³-hybridized carbons (Fsp3) is 0.421. The highest BCUT2D eigenvalue weighted by molar-refractivity contribution is 6.08. The first-order chi connectivity index (χ1) is 13.3. The van der Waals surface area contributed by atoms with Crippen molar-refractivity contribution in [1.82, 2.24) is 10.2 Å². The highest BCUT2D eigenvalue weighted by Gasteiger charge is 2.49. The van der Waals surface area contributed by atoms with Crippen LogP contribution in [0.3, 0.4) is 0 Å². The van der Waals surface area contributed by atoms with E-state index in [1.54, 1.807) is 24.1 Å². The van der Waals surface area contributed by atoms with Gasteiger partial charge in [-0.3, -0.25) is 14.9 Å². The van der Waals surface area contributed by atoms with E-state index in [0.717, 1.165) is 37.1 Å². The molecule has 2 fully saturated rings. The number of urea groups is 1. The van der Waals surface area contributed by atoms with Gasteiger partial charge in [-0.2, -0.15) is 23.5 Å². The second kappa shape index (κ2) is 6.55. The van der Waals surface area contributed by atoms with Gasteiger partial charge in [0, 0.05) is 5.69 Å². The van der Waals surface area contributed by atoms with Crippen LogP contribution in [-0.4, -0.2) is 28.3 Å². The highest BCUT2D eigenvalue weighted by atomic mass is 19.4. The topological polar surface area (TPSA) is 76.0 Å². The molecule has 4 rings (SSSR count). The van der Waals surface area contributed by atoms with Crippen molar-refractivity contribution < 1.29 is 18.0 Å². The Morgan fingerprint density at radius 2 is 1.89 bits per heavy atom. The molecule has 2 aromatic rings. The summed E-state index contributed by atoms with van der Waals surface area (Å²) in [6.07, 6.45) is 0.256. The number of aromatic amines is 1. The van der Waals surface area contributed by atoms with E-state index in [1.165, 1.54) is 11.0 Å². The standard InChI is InChI=1S/C19H18F3N5O/c1-11-17(10-24-25-11)27-16-5-3-2-4-15(16)26(18(27)28)13-7-6-12(9-23)14(8-13)19(20,21)22/h6-8,10,15-16H,2-5H2,1H3,(H,24,25)/t15-,16-/m1/s1. The number of carbonyl (C=O) groups excluding carboxylic acids is 1. The second-order valence-electron chi connectivity index (χ2n) is 7.16. The van der Waals surface area contributed by atoms with Gasteiger partial charge in [-0.15, -0.1) is 0 Å². The van der Waals surface area contributed by atoms with Gasteiger partial charge in [0.1, 0.15) is 0 Å². The minimum atomic E-state index is -4.67. The number of hydrogen-bond donors (Lipinski definition) is 1. The van der Waals surface area contributed by atoms with E-state index in [4.69, 9.17) is 5.26 Å². The first-order valence-electron chi connectivity index (χ1n) is 9.06. The predicted octanol–water partition coefficient (Wildman–Crippen LogP) is 4.37. The van der Waals surface area contributed by atoms with Gasteiger partial charge in [-0.25, -0.2) is 4.79 Å². The summed E-state index contributed by atoms with van der Waals surface area (Å²) < 4.78 is 40.2. The maximum absolute atomic E-state index is 13.4. The third-order valence-electron chi connectivity index (χ3n) is 5.54. The van der Waals surface area contributed by atoms with Gasteiger partial charge in [0.2, 0.25) is 0 Å². The Balaban J connectivity index is 1.80. The van der Waals surface area contributed by atoms with E-state index < -0.39 is 17.3 Å². The van der Waals surface area contributed by atoms with Gasteiger partial charge in [-0.1, -0.05) is 12.8 Å². The summed E-state index contributed by atoms with van der Waals surface area (Å²) in [4.78, 5) is 16.4. The molecule has 1 N–H and O–H groups in total. The number of amides is 2. The Morgan fingerprint density at radius 1 is 1.21 bits per heavy atom. The Labute approximate surface area is 159 Å². The van der Waals surface area contributed by atoms with Gasteiger partial charge in [-0.05, 0) is 38.0 Å². The molecule has 1 saturated carbocycles. The summed E-state index contributed by atoms with van der Waals surface area (Å²) in [5.41, 5.74) is 0.0671. The smallest absolute Gasteiger partial charge is 0.289 e. The van der Waals surface area contributed by atoms with Crippen molar-refractivity contribution in [1.29, 1.82) is 5.26 Å². The largest absolute Gasteiger partial charge is 0.417 e. The Bertz CT molecular complexity index is 961. The average Bonchev–Trinajstić information content (AvgIpc) is 3.20. The van der Waals surface area contributed by atoms with Gasteiger partial charge in [0.05, 0.1) is 46.9 Å². The van der Waals surface area contributed by atoms with Crippen molar-refractivity contribution >= 4 is 17.4 Å². The third-order valence-corrected chi connectivity index (χ3v) is 5.54. The Hall–Kier alpha value is -3.02. The third kappa shape index (κ3) is 2.80. The van der Waals surface area contributed by atoms with E-state index >= 15 is 0 Å². The zero-order valence-electron chi connectivity index (χ0n) is 15.1. The molecule has 2 amide bonds. The molecular weight excluding hydrogens is 371 g/mol. The maximum Gasteiger partial charge on any atom is 0.417 e. The number of aryl methyl sites for hydroxylation is 1. The van der Waals surface area contributed by atoms with Crippen molar-refractivity contribution in [3.63, 3.8) is 0 Å². The molecule has 2 aliphatic rings. The Kier molecular flexibility index (Phi) is 4.29. The number of anilines is 2. The summed E-state index contributed by atoms with van der Waals surface area (Å²) in [6, 6.07) is 4.34. The molecule has 2 atom stereocenters. The summed E-state index contributed by atoms with van der Waals surface area (Å²) in [7, 11) is 0. The van der Waals surface area contributed by atoms with Gasteiger partial charge >= 0.3 is 12.2 Å². The Morgan fingerprint density at radius 3 is 2.46 bits per heavy atom. The SMILES string of the molecule is Cc1[nH]ncc1N1C(=O)N(c2ccc(C#N)c(C(F)(F)F)c2)[C@@H]2CCCC[C@H]21. The van der Waals surface area contributed by atoms with Gasteiger partial charge in [0.15, 0.2) is 0 Å². The van der Waals surface area contributed by atoms with Gasteiger partial charge < -0.3 is 0 Å². The van der Waals surface area contributed by atoms with E-state index in [1.807, 2.05) is 0 Å². The highest BCUT2D eigenvalue weighted by Crippen LogP contribution is 2.42. The summed E-state index contributed by atoms with van der Waals surface area (Å²) >= 11 is 0. The number of aromatic nitrogens is 2. The number of halogens is 3. The van der Waals surface area contributed by atoms with Crippen LogP contribution in [-0.2, 0) is 6.18 Å². The van der Waals surface area contributed by atoms with Crippen LogP contribution < -0.4 is 9.80 Å². The molecule has 1 aliphatic heterocycles.